The van der Waals surface area contributed by atoms with Gasteiger partial charge in [0, 0.05) is 18.1 Å². The van der Waals surface area contributed by atoms with Gasteiger partial charge in [-0.15, -0.1) is 11.3 Å². The molecule has 0 aromatic carbocycles. The topological polar surface area (TPSA) is 76.0 Å². The van der Waals surface area contributed by atoms with E-state index in [2.05, 4.69) is 22.7 Å². The summed E-state index contributed by atoms with van der Waals surface area (Å²) in [6.07, 6.45) is 6.53. The minimum atomic E-state index is -0.133. The Morgan fingerprint density at radius 3 is 3.09 bits per heavy atom. The predicted octanol–water partition coefficient (Wildman–Crippen LogP) is 2.07. The van der Waals surface area contributed by atoms with Crippen molar-refractivity contribution in [1.29, 1.82) is 0 Å². The number of thiophene rings is 1. The van der Waals surface area contributed by atoms with Crippen LogP contribution < -0.4 is 10.6 Å². The summed E-state index contributed by atoms with van der Waals surface area (Å²) in [5, 5.41) is 9.45. The highest BCUT2D eigenvalue weighted by molar-refractivity contribution is 7.14. The van der Waals surface area contributed by atoms with E-state index >= 15 is 0 Å². The Morgan fingerprint density at radius 1 is 1.48 bits per heavy atom. The third-order valence-electron chi connectivity index (χ3n) is 4.03. The number of aryl methyl sites for hydroxylation is 1. The van der Waals surface area contributed by atoms with Crippen LogP contribution in [-0.2, 0) is 24.2 Å². The first kappa shape index (κ1) is 15.7. The average molecular weight is 332 g/mol. The monoisotopic (exact) mass is 332 g/mol. The van der Waals surface area contributed by atoms with Gasteiger partial charge in [0.05, 0.1) is 16.8 Å². The smallest absolute Gasteiger partial charge is 0.265 e. The number of hydrogen-bond donors (Lipinski definition) is 2. The maximum absolute atomic E-state index is 12.4. The van der Waals surface area contributed by atoms with Gasteiger partial charge in [0.25, 0.3) is 5.91 Å². The molecule has 3 rings (SSSR count). The predicted molar refractivity (Wildman–Crippen MR) is 89.8 cm³/mol. The Labute approximate surface area is 138 Å². The molecular formula is C16H20N4O2S. The minimum absolute atomic E-state index is 0.114. The molecule has 1 atom stereocenters. The summed E-state index contributed by atoms with van der Waals surface area (Å²) in [6.45, 7) is 2.39. The number of nitrogens with zero attached hydrogens (tertiary/aromatic N) is 2. The van der Waals surface area contributed by atoms with E-state index in [9.17, 15) is 9.59 Å². The average Bonchev–Trinajstić information content (AvgIpc) is 3.13. The molecule has 0 fully saturated rings. The molecule has 2 amide bonds. The van der Waals surface area contributed by atoms with Gasteiger partial charge in [-0.2, -0.15) is 5.10 Å². The Morgan fingerprint density at radius 2 is 2.30 bits per heavy atom. The minimum Gasteiger partial charge on any atom is -0.358 e. The van der Waals surface area contributed by atoms with Crippen molar-refractivity contribution in [2.75, 3.05) is 12.4 Å². The van der Waals surface area contributed by atoms with Crippen LogP contribution in [0.15, 0.2) is 18.5 Å². The van der Waals surface area contributed by atoms with Crippen LogP contribution in [0.1, 0.15) is 33.5 Å². The fraction of sp³-hybridized carbons (Fsp3) is 0.438. The Bertz CT molecular complexity index is 734. The largest absolute Gasteiger partial charge is 0.358 e. The molecule has 7 heteroatoms. The van der Waals surface area contributed by atoms with E-state index in [0.29, 0.717) is 11.6 Å². The third kappa shape index (κ3) is 3.61. The molecule has 23 heavy (non-hydrogen) atoms. The number of likely N-dealkylation sites (N-methyl/N-ethyl adjacent to an activating group) is 1. The first-order chi connectivity index (χ1) is 11.0. The standard InChI is InChI=1S/C16H20N4O2S/c1-10-3-4-13-11(5-10)6-14(23-13)16(22)19-12-7-18-20(8-12)9-15(21)17-2/h6-8,10H,3-5,9H2,1-2H3,(H,17,21)(H,19,22). The van der Waals surface area contributed by atoms with Gasteiger partial charge in [0.2, 0.25) is 5.91 Å². The zero-order valence-electron chi connectivity index (χ0n) is 13.3. The maximum Gasteiger partial charge on any atom is 0.265 e. The fourth-order valence-electron chi connectivity index (χ4n) is 2.75. The van der Waals surface area contributed by atoms with E-state index in [4.69, 9.17) is 0 Å². The first-order valence-electron chi connectivity index (χ1n) is 7.71. The second-order valence-corrected chi connectivity index (χ2v) is 7.10. The van der Waals surface area contributed by atoms with Gasteiger partial charge in [-0.3, -0.25) is 14.3 Å². The van der Waals surface area contributed by atoms with Crippen LogP contribution in [0, 0.1) is 5.92 Å². The number of nitrogens with one attached hydrogen (secondary N) is 2. The Balaban J connectivity index is 1.66. The molecule has 0 radical (unpaired) electrons. The fourth-order valence-corrected chi connectivity index (χ4v) is 3.85. The van der Waals surface area contributed by atoms with Gasteiger partial charge < -0.3 is 10.6 Å². The number of anilines is 1. The van der Waals surface area contributed by atoms with Gasteiger partial charge in [0.1, 0.15) is 6.54 Å². The molecule has 0 saturated carbocycles. The zero-order chi connectivity index (χ0) is 16.4. The van der Waals surface area contributed by atoms with Crippen molar-refractivity contribution in [1.82, 2.24) is 15.1 Å². The summed E-state index contributed by atoms with van der Waals surface area (Å²) in [5.74, 6) is 0.443. The van der Waals surface area contributed by atoms with Crippen LogP contribution in [0.2, 0.25) is 0 Å². The van der Waals surface area contributed by atoms with Gasteiger partial charge in [0.15, 0.2) is 0 Å². The van der Waals surface area contributed by atoms with Crippen molar-refractivity contribution in [3.8, 4) is 0 Å². The van der Waals surface area contributed by atoms with Gasteiger partial charge in [-0.25, -0.2) is 0 Å². The number of rotatable bonds is 4. The number of carbonyl (C=O) groups excluding carboxylic acids is 2. The molecule has 2 aromatic heterocycles. The van der Waals surface area contributed by atoms with Crippen molar-refractivity contribution in [2.24, 2.45) is 5.92 Å². The van der Waals surface area contributed by atoms with Crippen LogP contribution in [0.25, 0.3) is 0 Å². The van der Waals surface area contributed by atoms with E-state index in [1.165, 1.54) is 21.5 Å². The van der Waals surface area contributed by atoms with E-state index < -0.39 is 0 Å². The van der Waals surface area contributed by atoms with Crippen molar-refractivity contribution in [3.05, 3.63) is 33.8 Å². The Kier molecular flexibility index (Phi) is 4.47. The lowest BCUT2D eigenvalue weighted by molar-refractivity contribution is -0.121. The number of hydrogen-bond acceptors (Lipinski definition) is 4. The summed E-state index contributed by atoms with van der Waals surface area (Å²) in [6, 6.07) is 2.01. The number of amides is 2. The molecule has 0 bridgehead atoms. The quantitative estimate of drug-likeness (QED) is 0.900. The molecule has 1 unspecified atom stereocenters. The molecule has 2 N–H and O–H groups in total. The molecule has 0 saturated heterocycles. The molecule has 122 valence electrons. The summed E-state index contributed by atoms with van der Waals surface area (Å²) in [7, 11) is 1.58. The van der Waals surface area contributed by atoms with Crippen LogP contribution in [-0.4, -0.2) is 28.6 Å². The molecule has 6 nitrogen and oxygen atoms in total. The van der Waals surface area contributed by atoms with Gasteiger partial charge >= 0.3 is 0 Å². The summed E-state index contributed by atoms with van der Waals surface area (Å²) in [4.78, 5) is 25.8. The highest BCUT2D eigenvalue weighted by Gasteiger charge is 2.21. The summed E-state index contributed by atoms with van der Waals surface area (Å²) in [5.41, 5.74) is 1.91. The van der Waals surface area contributed by atoms with Crippen molar-refractivity contribution >= 4 is 28.8 Å². The number of aromatic nitrogens is 2. The Hall–Kier alpha value is -2.15. The van der Waals surface area contributed by atoms with E-state index in [0.717, 1.165) is 17.7 Å². The molecule has 1 aliphatic rings. The van der Waals surface area contributed by atoms with Crippen LogP contribution >= 0.6 is 11.3 Å². The zero-order valence-corrected chi connectivity index (χ0v) is 14.1. The highest BCUT2D eigenvalue weighted by atomic mass is 32.1. The molecular weight excluding hydrogens is 312 g/mol. The lowest BCUT2D eigenvalue weighted by Crippen LogP contribution is -2.23. The molecule has 0 spiro atoms. The van der Waals surface area contributed by atoms with E-state index in [-0.39, 0.29) is 18.4 Å². The second kappa shape index (κ2) is 6.54. The third-order valence-corrected chi connectivity index (χ3v) is 5.26. The van der Waals surface area contributed by atoms with Crippen LogP contribution in [0.3, 0.4) is 0 Å². The lowest BCUT2D eigenvalue weighted by Gasteiger charge is -2.16. The van der Waals surface area contributed by atoms with Gasteiger partial charge in [-0.05, 0) is 36.8 Å². The van der Waals surface area contributed by atoms with Crippen molar-refractivity contribution in [2.45, 2.75) is 32.7 Å². The normalized spacial score (nSPS) is 16.7. The molecule has 2 heterocycles. The maximum atomic E-state index is 12.4. The molecule has 1 aliphatic carbocycles. The summed E-state index contributed by atoms with van der Waals surface area (Å²) < 4.78 is 1.50. The SMILES string of the molecule is CNC(=O)Cn1cc(NC(=O)c2cc3c(s2)CCC(C)C3)cn1. The number of carbonyl (C=O) groups is 2. The number of fused-ring (bicyclic) bond motifs is 1. The molecule has 0 aliphatic heterocycles. The molecule has 2 aromatic rings. The van der Waals surface area contributed by atoms with Crippen LogP contribution in [0.5, 0.6) is 0 Å². The van der Waals surface area contributed by atoms with Crippen molar-refractivity contribution < 1.29 is 9.59 Å². The van der Waals surface area contributed by atoms with E-state index in [1.807, 2.05) is 6.07 Å². The highest BCUT2D eigenvalue weighted by Crippen LogP contribution is 2.32. The first-order valence-corrected chi connectivity index (χ1v) is 8.52. The van der Waals surface area contributed by atoms with Crippen molar-refractivity contribution in [3.63, 3.8) is 0 Å². The second-order valence-electron chi connectivity index (χ2n) is 5.96. The lowest BCUT2D eigenvalue weighted by atomic mass is 9.90. The van der Waals surface area contributed by atoms with E-state index in [1.54, 1.807) is 30.8 Å². The van der Waals surface area contributed by atoms with Crippen LogP contribution in [0.4, 0.5) is 5.69 Å². The summed E-state index contributed by atoms with van der Waals surface area (Å²) >= 11 is 1.58. The van der Waals surface area contributed by atoms with Gasteiger partial charge in [-0.1, -0.05) is 6.92 Å².